The number of aliphatic carboxylic acids is 1. The summed E-state index contributed by atoms with van der Waals surface area (Å²) in [5.41, 5.74) is 1.55. The molecule has 0 heterocycles. The number of hydrogen-bond acceptors (Lipinski definition) is 2. The van der Waals surface area contributed by atoms with Crippen LogP contribution in [0.1, 0.15) is 30.7 Å². The molecule has 1 saturated carbocycles. The largest absolute Gasteiger partial charge is 0.481 e. The van der Waals surface area contributed by atoms with Crippen molar-refractivity contribution in [2.24, 2.45) is 5.92 Å². The van der Waals surface area contributed by atoms with Crippen molar-refractivity contribution >= 4 is 11.7 Å². The van der Waals surface area contributed by atoms with Crippen LogP contribution in [0.25, 0.3) is 0 Å². The third kappa shape index (κ3) is 3.03. The molecular weight excluding hydrogens is 252 g/mol. The van der Waals surface area contributed by atoms with Crippen LogP contribution in [0.3, 0.4) is 0 Å². The van der Waals surface area contributed by atoms with Gasteiger partial charge in [0.15, 0.2) is 0 Å². The molecule has 0 radical (unpaired) electrons. The van der Waals surface area contributed by atoms with Crippen molar-refractivity contribution in [2.45, 2.75) is 31.1 Å². The smallest absolute Gasteiger partial charge is 0.307 e. The predicted octanol–water partition coefficient (Wildman–Crippen LogP) is 3.33. The summed E-state index contributed by atoms with van der Waals surface area (Å²) in [6.45, 7) is 0. The lowest BCUT2D eigenvalue weighted by atomic mass is 9.74. The van der Waals surface area contributed by atoms with E-state index in [1.54, 1.807) is 31.3 Å². The maximum absolute atomic E-state index is 13.5. The lowest BCUT2D eigenvalue weighted by Gasteiger charge is -2.34. The van der Waals surface area contributed by atoms with Gasteiger partial charge in [-0.15, -0.1) is 0 Å². The van der Waals surface area contributed by atoms with Crippen molar-refractivity contribution in [1.82, 2.24) is 0 Å². The van der Waals surface area contributed by atoms with Gasteiger partial charge in [0.1, 0.15) is 0 Å². The van der Waals surface area contributed by atoms with Crippen LogP contribution in [0.4, 0.5) is 14.5 Å². The molecule has 0 aromatic heterocycles. The summed E-state index contributed by atoms with van der Waals surface area (Å²) in [5.74, 6) is -5.09. The van der Waals surface area contributed by atoms with Crippen molar-refractivity contribution in [3.63, 3.8) is 0 Å². The minimum Gasteiger partial charge on any atom is -0.481 e. The van der Waals surface area contributed by atoms with Gasteiger partial charge in [-0.1, -0.05) is 12.1 Å². The third-order valence-electron chi connectivity index (χ3n) is 3.77. The summed E-state index contributed by atoms with van der Waals surface area (Å²) in [6.07, 6.45) is -0.696. The first-order valence-electron chi connectivity index (χ1n) is 6.31. The zero-order valence-corrected chi connectivity index (χ0v) is 10.7. The van der Waals surface area contributed by atoms with E-state index < -0.39 is 23.7 Å². The Morgan fingerprint density at radius 1 is 1.37 bits per heavy atom. The van der Waals surface area contributed by atoms with Gasteiger partial charge in [-0.05, 0) is 24.1 Å². The van der Waals surface area contributed by atoms with E-state index in [1.807, 2.05) is 0 Å². The molecule has 19 heavy (non-hydrogen) atoms. The number of carboxylic acids is 1. The average molecular weight is 269 g/mol. The Hall–Kier alpha value is -1.65. The lowest BCUT2D eigenvalue weighted by Crippen LogP contribution is -2.35. The Morgan fingerprint density at radius 3 is 2.53 bits per heavy atom. The van der Waals surface area contributed by atoms with Gasteiger partial charge in [0.2, 0.25) is 5.92 Å². The van der Waals surface area contributed by atoms with E-state index in [4.69, 9.17) is 0 Å². The van der Waals surface area contributed by atoms with Crippen LogP contribution in [0, 0.1) is 5.92 Å². The molecule has 2 N–H and O–H groups in total. The van der Waals surface area contributed by atoms with Crippen molar-refractivity contribution in [3.8, 4) is 0 Å². The number of carboxylic acid groups (broad SMARTS) is 1. The van der Waals surface area contributed by atoms with Crippen LogP contribution in [0.15, 0.2) is 24.3 Å². The Labute approximate surface area is 110 Å². The molecule has 3 nitrogen and oxygen atoms in total. The highest BCUT2D eigenvalue weighted by Gasteiger charge is 2.44. The molecule has 1 aliphatic carbocycles. The molecule has 1 aromatic carbocycles. The second kappa shape index (κ2) is 5.15. The Bertz CT molecular complexity index is 459. The molecule has 0 spiro atoms. The molecule has 104 valence electrons. The summed E-state index contributed by atoms with van der Waals surface area (Å²) in [5, 5.41) is 12.1. The van der Waals surface area contributed by atoms with Gasteiger partial charge in [-0.3, -0.25) is 4.79 Å². The zero-order valence-electron chi connectivity index (χ0n) is 10.7. The maximum atomic E-state index is 13.5. The molecule has 0 bridgehead atoms. The van der Waals surface area contributed by atoms with Crippen LogP contribution in [-0.4, -0.2) is 24.0 Å². The van der Waals surface area contributed by atoms with Crippen molar-refractivity contribution in [1.29, 1.82) is 0 Å². The van der Waals surface area contributed by atoms with Crippen LogP contribution < -0.4 is 5.32 Å². The molecular formula is C14H17F2NO2. The van der Waals surface area contributed by atoms with E-state index in [1.165, 1.54) is 0 Å². The standard InChI is InChI=1S/C14H17F2NO2/c1-17-10-4-2-9(3-5-10)12-8-14(15,16)7-6-11(12)13(18)19/h2-5,11-12,17H,6-8H2,1H3,(H,18,19)/t11?,12-/m0/s1. The lowest BCUT2D eigenvalue weighted by molar-refractivity contribution is -0.147. The number of hydrogen-bond donors (Lipinski definition) is 2. The molecule has 2 atom stereocenters. The fraction of sp³-hybridized carbons (Fsp3) is 0.500. The van der Waals surface area contributed by atoms with Crippen molar-refractivity contribution in [3.05, 3.63) is 29.8 Å². The second-order valence-electron chi connectivity index (χ2n) is 5.02. The topological polar surface area (TPSA) is 49.3 Å². The molecule has 1 aromatic rings. The minimum absolute atomic E-state index is 0.0286. The van der Waals surface area contributed by atoms with E-state index in [0.29, 0.717) is 5.56 Å². The van der Waals surface area contributed by atoms with E-state index in [2.05, 4.69) is 5.32 Å². The molecule has 1 unspecified atom stereocenters. The first kappa shape index (κ1) is 13.8. The number of rotatable bonds is 3. The van der Waals surface area contributed by atoms with Crippen molar-refractivity contribution in [2.75, 3.05) is 12.4 Å². The highest BCUT2D eigenvalue weighted by Crippen LogP contribution is 2.45. The fourth-order valence-corrected chi connectivity index (χ4v) is 2.68. The van der Waals surface area contributed by atoms with Crippen LogP contribution >= 0.6 is 0 Å². The molecule has 0 aliphatic heterocycles. The average Bonchev–Trinajstić information content (AvgIpc) is 2.37. The number of anilines is 1. The Kier molecular flexibility index (Phi) is 3.73. The number of halogens is 2. The number of alkyl halides is 2. The number of carbonyl (C=O) groups is 1. The molecule has 0 amide bonds. The summed E-state index contributed by atoms with van der Waals surface area (Å²) in [7, 11) is 1.77. The van der Waals surface area contributed by atoms with Gasteiger partial charge in [0.25, 0.3) is 0 Å². The maximum Gasteiger partial charge on any atom is 0.307 e. The highest BCUT2D eigenvalue weighted by atomic mass is 19.3. The van der Waals surface area contributed by atoms with Gasteiger partial charge in [0.05, 0.1) is 5.92 Å². The molecule has 2 rings (SSSR count). The van der Waals surface area contributed by atoms with E-state index in [-0.39, 0.29) is 19.3 Å². The van der Waals surface area contributed by atoms with E-state index in [0.717, 1.165) is 5.69 Å². The van der Waals surface area contributed by atoms with Crippen LogP contribution in [-0.2, 0) is 4.79 Å². The number of benzene rings is 1. The molecule has 1 aliphatic rings. The summed E-state index contributed by atoms with van der Waals surface area (Å²) >= 11 is 0. The van der Waals surface area contributed by atoms with Gasteiger partial charge < -0.3 is 10.4 Å². The van der Waals surface area contributed by atoms with Gasteiger partial charge >= 0.3 is 5.97 Å². The molecule has 0 saturated heterocycles. The molecule has 5 heteroatoms. The second-order valence-corrected chi connectivity index (χ2v) is 5.02. The number of nitrogens with one attached hydrogen (secondary N) is 1. The highest BCUT2D eigenvalue weighted by molar-refractivity contribution is 5.71. The summed E-state index contributed by atoms with van der Waals surface area (Å²) < 4.78 is 27.0. The van der Waals surface area contributed by atoms with E-state index >= 15 is 0 Å². The Morgan fingerprint density at radius 2 is 2.00 bits per heavy atom. The predicted molar refractivity (Wildman–Crippen MR) is 68.7 cm³/mol. The van der Waals surface area contributed by atoms with Crippen molar-refractivity contribution < 1.29 is 18.7 Å². The van der Waals surface area contributed by atoms with Crippen LogP contribution in [0.2, 0.25) is 0 Å². The quantitative estimate of drug-likeness (QED) is 0.884. The normalized spacial score (nSPS) is 25.8. The van der Waals surface area contributed by atoms with Gasteiger partial charge in [0, 0.05) is 31.5 Å². The zero-order chi connectivity index (χ0) is 14.0. The first-order chi connectivity index (χ1) is 8.93. The first-order valence-corrected chi connectivity index (χ1v) is 6.31. The summed E-state index contributed by atoms with van der Waals surface area (Å²) in [6, 6.07) is 7.02. The third-order valence-corrected chi connectivity index (χ3v) is 3.77. The van der Waals surface area contributed by atoms with E-state index in [9.17, 15) is 18.7 Å². The Balaban J connectivity index is 2.27. The SMILES string of the molecule is CNc1ccc([C@@H]2CC(F)(F)CCC2C(=O)O)cc1. The minimum atomic E-state index is -2.77. The monoisotopic (exact) mass is 269 g/mol. The van der Waals surface area contributed by atoms with Crippen LogP contribution in [0.5, 0.6) is 0 Å². The van der Waals surface area contributed by atoms with Gasteiger partial charge in [-0.25, -0.2) is 8.78 Å². The fourth-order valence-electron chi connectivity index (χ4n) is 2.68. The van der Waals surface area contributed by atoms with Gasteiger partial charge in [-0.2, -0.15) is 0 Å². The summed E-state index contributed by atoms with van der Waals surface area (Å²) in [4.78, 5) is 11.2. The molecule has 1 fully saturated rings.